The van der Waals surface area contributed by atoms with Crippen molar-refractivity contribution in [3.05, 3.63) is 81.4 Å². The molecule has 0 atom stereocenters. The lowest BCUT2D eigenvalue weighted by Crippen LogP contribution is -2.33. The van der Waals surface area contributed by atoms with Gasteiger partial charge in [-0.15, -0.1) is 0 Å². The minimum absolute atomic E-state index is 0.0140. The van der Waals surface area contributed by atoms with E-state index >= 15 is 0 Å². The molecule has 0 aliphatic carbocycles. The van der Waals surface area contributed by atoms with Gasteiger partial charge < -0.3 is 4.74 Å². The number of carbonyl (C=O) groups is 1. The quantitative estimate of drug-likeness (QED) is 0.589. The summed E-state index contributed by atoms with van der Waals surface area (Å²) in [6.45, 7) is 4.98. The van der Waals surface area contributed by atoms with Crippen molar-refractivity contribution in [2.75, 3.05) is 13.1 Å². The molecular weight excluding hydrogens is 407 g/mol. The van der Waals surface area contributed by atoms with E-state index in [1.807, 2.05) is 24.4 Å². The first-order valence-corrected chi connectivity index (χ1v) is 10.6. The van der Waals surface area contributed by atoms with Gasteiger partial charge in [0.15, 0.2) is 5.82 Å². The van der Waals surface area contributed by atoms with Gasteiger partial charge in [0.2, 0.25) is 0 Å². The van der Waals surface area contributed by atoms with Crippen molar-refractivity contribution in [2.45, 2.75) is 32.9 Å². The molecule has 0 saturated heterocycles. The smallest absolute Gasteiger partial charge is 0.338 e. The van der Waals surface area contributed by atoms with Crippen LogP contribution in [0.1, 0.15) is 43.9 Å². The number of benzene rings is 2. The van der Waals surface area contributed by atoms with Gasteiger partial charge in [0.05, 0.1) is 16.8 Å². The van der Waals surface area contributed by atoms with E-state index in [1.54, 1.807) is 6.07 Å². The Hall–Kier alpha value is -3.63. The molecule has 2 aliphatic heterocycles. The van der Waals surface area contributed by atoms with Crippen LogP contribution in [0.2, 0.25) is 0 Å². The highest BCUT2D eigenvalue weighted by Crippen LogP contribution is 2.27. The zero-order chi connectivity index (χ0) is 22.2. The molecule has 1 aromatic heterocycles. The van der Waals surface area contributed by atoms with Gasteiger partial charge in [0, 0.05) is 48.9 Å². The zero-order valence-corrected chi connectivity index (χ0v) is 17.7. The molecule has 3 aromatic rings. The van der Waals surface area contributed by atoms with E-state index in [2.05, 4.69) is 21.8 Å². The predicted molar refractivity (Wildman–Crippen MR) is 115 cm³/mol. The van der Waals surface area contributed by atoms with Crippen LogP contribution in [0.15, 0.2) is 36.5 Å². The number of nitrogens with zero attached hydrogens (tertiary/aromatic N) is 4. The van der Waals surface area contributed by atoms with Crippen molar-refractivity contribution in [1.29, 1.82) is 5.26 Å². The lowest BCUT2D eigenvalue weighted by atomic mass is 9.96. The average Bonchev–Trinajstić information content (AvgIpc) is 3.19. The maximum Gasteiger partial charge on any atom is 0.338 e. The zero-order valence-electron chi connectivity index (χ0n) is 17.7. The third-order valence-corrected chi connectivity index (χ3v) is 6.34. The van der Waals surface area contributed by atoms with Crippen molar-refractivity contribution in [1.82, 2.24) is 14.9 Å². The third kappa shape index (κ3) is 3.63. The number of carbonyl (C=O) groups excluding carboxylic acids is 1. The van der Waals surface area contributed by atoms with Crippen LogP contribution in [0.5, 0.6) is 0 Å². The summed E-state index contributed by atoms with van der Waals surface area (Å²) in [7, 11) is 0. The number of fused-ring (bicyclic) bond motifs is 2. The number of ether oxygens (including phenoxy) is 1. The summed E-state index contributed by atoms with van der Waals surface area (Å²) in [5.41, 5.74) is 6.74. The van der Waals surface area contributed by atoms with Crippen LogP contribution in [0.4, 0.5) is 4.39 Å². The van der Waals surface area contributed by atoms with Crippen molar-refractivity contribution in [2.24, 2.45) is 0 Å². The summed E-state index contributed by atoms with van der Waals surface area (Å²) >= 11 is 0. The number of cyclic esters (lactones) is 1. The maximum atomic E-state index is 14.0. The Kier molecular flexibility index (Phi) is 5.16. The average molecular weight is 428 g/mol. The summed E-state index contributed by atoms with van der Waals surface area (Å²) in [5.74, 6) is -0.313. The van der Waals surface area contributed by atoms with E-state index in [0.29, 0.717) is 23.6 Å². The van der Waals surface area contributed by atoms with Crippen LogP contribution in [-0.2, 0) is 30.7 Å². The number of hydrogen-bond acceptors (Lipinski definition) is 6. The van der Waals surface area contributed by atoms with Crippen molar-refractivity contribution in [3.63, 3.8) is 0 Å². The molecule has 0 saturated carbocycles. The third-order valence-electron chi connectivity index (χ3n) is 6.34. The topological polar surface area (TPSA) is 79.1 Å². The monoisotopic (exact) mass is 428 g/mol. The highest BCUT2D eigenvalue weighted by atomic mass is 19.1. The largest absolute Gasteiger partial charge is 0.457 e. The Bertz CT molecular complexity index is 1280. The molecule has 0 radical (unpaired) electrons. The standard InChI is InChI=1S/C25H21FN4O2/c1-15-16(4-5-20-21(15)14-32-25(20)31)6-8-30-9-7-23-19(13-30)12-28-24(29-23)17-2-3-18(11-27)22(26)10-17/h2-5,10,12H,6-9,13-14H2,1H3. The van der Waals surface area contributed by atoms with Crippen LogP contribution in [-0.4, -0.2) is 33.9 Å². The second kappa shape index (κ2) is 8.13. The molecule has 5 rings (SSSR count). The second-order valence-corrected chi connectivity index (χ2v) is 8.20. The summed E-state index contributed by atoms with van der Waals surface area (Å²) < 4.78 is 19.1. The highest BCUT2D eigenvalue weighted by Gasteiger charge is 2.24. The molecule has 0 spiro atoms. The Morgan fingerprint density at radius 1 is 1.28 bits per heavy atom. The fourth-order valence-corrected chi connectivity index (χ4v) is 4.40. The van der Waals surface area contributed by atoms with Crippen molar-refractivity contribution in [3.8, 4) is 17.5 Å². The molecular formula is C25H21FN4O2. The van der Waals surface area contributed by atoms with Crippen molar-refractivity contribution < 1.29 is 13.9 Å². The molecule has 0 unspecified atom stereocenters. The number of aromatic nitrogens is 2. The molecule has 6 nitrogen and oxygen atoms in total. The van der Waals surface area contributed by atoms with Gasteiger partial charge in [-0.1, -0.05) is 6.07 Å². The minimum atomic E-state index is -0.560. The molecule has 160 valence electrons. The summed E-state index contributed by atoms with van der Waals surface area (Å²) in [6.07, 6.45) is 3.52. The molecule has 3 heterocycles. The van der Waals surface area contributed by atoms with E-state index in [1.165, 1.54) is 17.7 Å². The number of hydrogen-bond donors (Lipinski definition) is 0. The van der Waals surface area contributed by atoms with Crippen LogP contribution in [0.3, 0.4) is 0 Å². The number of nitriles is 1. The summed E-state index contributed by atoms with van der Waals surface area (Å²) in [4.78, 5) is 23.2. The lowest BCUT2D eigenvalue weighted by molar-refractivity contribution is 0.0535. The Balaban J connectivity index is 1.27. The molecule has 0 amide bonds. The molecule has 0 bridgehead atoms. The van der Waals surface area contributed by atoms with Crippen LogP contribution >= 0.6 is 0 Å². The molecule has 0 fully saturated rings. The summed E-state index contributed by atoms with van der Waals surface area (Å²) in [6, 6.07) is 10.2. The van der Waals surface area contributed by atoms with Gasteiger partial charge in [-0.25, -0.2) is 19.2 Å². The Morgan fingerprint density at radius 3 is 2.97 bits per heavy atom. The molecule has 7 heteroatoms. The minimum Gasteiger partial charge on any atom is -0.457 e. The SMILES string of the molecule is Cc1c(CCN2CCc3nc(-c4ccc(C#N)c(F)c4)ncc3C2)ccc2c1COC2=O. The maximum absolute atomic E-state index is 14.0. The fraction of sp³-hybridized carbons (Fsp3) is 0.280. The first-order chi connectivity index (χ1) is 15.5. The van der Waals surface area contributed by atoms with Gasteiger partial charge >= 0.3 is 5.97 Å². The molecule has 2 aromatic carbocycles. The normalized spacial score (nSPS) is 15.1. The first kappa shape index (κ1) is 20.3. The van der Waals surface area contributed by atoms with E-state index in [4.69, 9.17) is 10.00 Å². The summed E-state index contributed by atoms with van der Waals surface area (Å²) in [5, 5.41) is 8.90. The number of esters is 1. The van der Waals surface area contributed by atoms with Crippen LogP contribution in [0.25, 0.3) is 11.4 Å². The van der Waals surface area contributed by atoms with Gasteiger partial charge in [0.1, 0.15) is 18.5 Å². The Morgan fingerprint density at radius 2 is 2.16 bits per heavy atom. The van der Waals surface area contributed by atoms with Gasteiger partial charge in [0.25, 0.3) is 0 Å². The van der Waals surface area contributed by atoms with Gasteiger partial charge in [-0.3, -0.25) is 4.90 Å². The van der Waals surface area contributed by atoms with Gasteiger partial charge in [-0.05, 0) is 48.7 Å². The van der Waals surface area contributed by atoms with E-state index in [9.17, 15) is 9.18 Å². The van der Waals surface area contributed by atoms with E-state index < -0.39 is 5.82 Å². The molecule has 0 N–H and O–H groups in total. The first-order valence-electron chi connectivity index (χ1n) is 10.6. The van der Waals surface area contributed by atoms with Gasteiger partial charge in [-0.2, -0.15) is 5.26 Å². The highest BCUT2D eigenvalue weighted by molar-refractivity contribution is 5.93. The lowest BCUT2D eigenvalue weighted by Gasteiger charge is -2.28. The van der Waals surface area contributed by atoms with Crippen molar-refractivity contribution >= 4 is 5.97 Å². The van der Waals surface area contributed by atoms with Crippen LogP contribution < -0.4 is 0 Å². The number of halogens is 1. The molecule has 32 heavy (non-hydrogen) atoms. The van der Waals surface area contributed by atoms with Crippen LogP contribution in [0, 0.1) is 24.1 Å². The predicted octanol–water partition coefficient (Wildman–Crippen LogP) is 3.73. The second-order valence-electron chi connectivity index (χ2n) is 8.20. The van der Waals surface area contributed by atoms with E-state index in [0.717, 1.165) is 54.9 Å². The fourth-order valence-electron chi connectivity index (χ4n) is 4.40. The molecule has 2 aliphatic rings. The van der Waals surface area contributed by atoms with E-state index in [-0.39, 0.29) is 11.5 Å². The number of rotatable bonds is 4. The Labute approximate surface area is 185 Å².